The summed E-state index contributed by atoms with van der Waals surface area (Å²) in [5, 5.41) is 18.4. The highest BCUT2D eigenvalue weighted by atomic mass is 32.2. The third-order valence-corrected chi connectivity index (χ3v) is 6.13. The number of piperidine rings is 1. The second kappa shape index (κ2) is 7.04. The van der Waals surface area contributed by atoms with Crippen molar-refractivity contribution < 1.29 is 23.4 Å². The number of aliphatic hydroxyl groups is 1. The van der Waals surface area contributed by atoms with Crippen molar-refractivity contribution in [3.63, 3.8) is 0 Å². The predicted octanol–water partition coefficient (Wildman–Crippen LogP) is 0.169. The molecule has 0 aromatic heterocycles. The molecular formula is C13H24N2O5S. The van der Waals surface area contributed by atoms with Crippen LogP contribution < -0.4 is 4.72 Å². The SMILES string of the molecule is O=C(O)C1CCCN(S(=O)(=O)NC2CCCCC2CO)C1. The van der Waals surface area contributed by atoms with Gasteiger partial charge in [-0.15, -0.1) is 0 Å². The molecule has 122 valence electrons. The second-order valence-corrected chi connectivity index (χ2v) is 7.69. The van der Waals surface area contributed by atoms with E-state index in [0.717, 1.165) is 25.7 Å². The number of nitrogens with one attached hydrogen (secondary N) is 1. The average molecular weight is 320 g/mol. The van der Waals surface area contributed by atoms with Gasteiger partial charge in [0, 0.05) is 25.7 Å². The smallest absolute Gasteiger partial charge is 0.307 e. The van der Waals surface area contributed by atoms with E-state index in [4.69, 9.17) is 5.11 Å². The Labute approximate surface area is 125 Å². The summed E-state index contributed by atoms with van der Waals surface area (Å²) in [7, 11) is -3.68. The molecule has 2 aliphatic rings. The Kier molecular flexibility index (Phi) is 5.59. The van der Waals surface area contributed by atoms with Gasteiger partial charge in [-0.2, -0.15) is 17.4 Å². The van der Waals surface area contributed by atoms with Gasteiger partial charge in [0.05, 0.1) is 5.92 Å². The quantitative estimate of drug-likeness (QED) is 0.669. The molecule has 8 heteroatoms. The van der Waals surface area contributed by atoms with Crippen LogP contribution in [0.1, 0.15) is 38.5 Å². The zero-order valence-electron chi connectivity index (χ0n) is 12.1. The molecule has 1 heterocycles. The summed E-state index contributed by atoms with van der Waals surface area (Å²) >= 11 is 0. The summed E-state index contributed by atoms with van der Waals surface area (Å²) < 4.78 is 28.8. The molecule has 3 atom stereocenters. The van der Waals surface area contributed by atoms with Crippen molar-refractivity contribution in [2.24, 2.45) is 11.8 Å². The number of aliphatic carboxylic acids is 1. The van der Waals surface area contributed by atoms with E-state index in [1.165, 1.54) is 4.31 Å². The van der Waals surface area contributed by atoms with Gasteiger partial charge in [-0.05, 0) is 31.6 Å². The lowest BCUT2D eigenvalue weighted by molar-refractivity contribution is -0.142. The molecule has 1 aliphatic carbocycles. The van der Waals surface area contributed by atoms with Gasteiger partial charge in [0.1, 0.15) is 0 Å². The van der Waals surface area contributed by atoms with Gasteiger partial charge in [-0.3, -0.25) is 4.79 Å². The molecule has 2 rings (SSSR count). The molecule has 21 heavy (non-hydrogen) atoms. The number of hydrogen-bond acceptors (Lipinski definition) is 4. The van der Waals surface area contributed by atoms with Crippen molar-refractivity contribution in [2.75, 3.05) is 19.7 Å². The molecule has 1 saturated heterocycles. The second-order valence-electron chi connectivity index (χ2n) is 5.99. The Morgan fingerprint density at radius 3 is 2.57 bits per heavy atom. The summed E-state index contributed by atoms with van der Waals surface area (Å²) in [5.41, 5.74) is 0. The van der Waals surface area contributed by atoms with Gasteiger partial charge < -0.3 is 10.2 Å². The lowest BCUT2D eigenvalue weighted by Crippen LogP contribution is -2.52. The molecule has 0 spiro atoms. The fourth-order valence-corrected chi connectivity index (χ4v) is 4.80. The molecule has 3 N–H and O–H groups in total. The molecule has 3 unspecified atom stereocenters. The molecule has 0 amide bonds. The monoisotopic (exact) mass is 320 g/mol. The fraction of sp³-hybridized carbons (Fsp3) is 0.923. The molecule has 0 bridgehead atoms. The van der Waals surface area contributed by atoms with Gasteiger partial charge in [-0.1, -0.05) is 12.8 Å². The van der Waals surface area contributed by atoms with E-state index < -0.39 is 22.1 Å². The normalized spacial score (nSPS) is 32.0. The van der Waals surface area contributed by atoms with E-state index >= 15 is 0 Å². The summed E-state index contributed by atoms with van der Waals surface area (Å²) in [4.78, 5) is 11.0. The molecule has 1 saturated carbocycles. The van der Waals surface area contributed by atoms with Crippen LogP contribution in [-0.4, -0.2) is 54.6 Å². The van der Waals surface area contributed by atoms with E-state index in [2.05, 4.69) is 4.72 Å². The average Bonchev–Trinajstić information content (AvgIpc) is 2.47. The Morgan fingerprint density at radius 1 is 1.19 bits per heavy atom. The van der Waals surface area contributed by atoms with Gasteiger partial charge >= 0.3 is 5.97 Å². The highest BCUT2D eigenvalue weighted by Gasteiger charge is 2.35. The van der Waals surface area contributed by atoms with Gasteiger partial charge in [0.25, 0.3) is 10.2 Å². The molecule has 0 aromatic rings. The minimum absolute atomic E-state index is 0.0229. The van der Waals surface area contributed by atoms with Crippen molar-refractivity contribution in [3.05, 3.63) is 0 Å². The van der Waals surface area contributed by atoms with Crippen LogP contribution in [0.25, 0.3) is 0 Å². The molecular weight excluding hydrogens is 296 g/mol. The maximum absolute atomic E-state index is 12.4. The van der Waals surface area contributed by atoms with E-state index in [-0.39, 0.29) is 25.1 Å². The summed E-state index contributed by atoms with van der Waals surface area (Å²) in [5.74, 6) is -1.62. The van der Waals surface area contributed by atoms with Crippen molar-refractivity contribution in [3.8, 4) is 0 Å². The van der Waals surface area contributed by atoms with Crippen LogP contribution in [0.3, 0.4) is 0 Å². The first-order chi connectivity index (χ1) is 9.94. The zero-order valence-corrected chi connectivity index (χ0v) is 12.9. The van der Waals surface area contributed by atoms with E-state index in [1.54, 1.807) is 0 Å². The first-order valence-corrected chi connectivity index (χ1v) is 8.99. The van der Waals surface area contributed by atoms with E-state index in [9.17, 15) is 18.3 Å². The van der Waals surface area contributed by atoms with Crippen LogP contribution >= 0.6 is 0 Å². The standard InChI is InChI=1S/C13H24N2O5S/c16-9-11-4-1-2-6-12(11)14-21(19,20)15-7-3-5-10(8-15)13(17)18/h10-12,14,16H,1-9H2,(H,17,18). The Morgan fingerprint density at radius 2 is 1.90 bits per heavy atom. The van der Waals surface area contributed by atoms with Crippen LogP contribution in [0.2, 0.25) is 0 Å². The van der Waals surface area contributed by atoms with Gasteiger partial charge in [0.2, 0.25) is 0 Å². The third kappa shape index (κ3) is 4.15. The first kappa shape index (κ1) is 16.7. The highest BCUT2D eigenvalue weighted by molar-refractivity contribution is 7.87. The van der Waals surface area contributed by atoms with Crippen LogP contribution in [0.4, 0.5) is 0 Å². The van der Waals surface area contributed by atoms with Crippen molar-refractivity contribution in [1.29, 1.82) is 0 Å². The molecule has 0 aromatic carbocycles. The minimum Gasteiger partial charge on any atom is -0.481 e. The molecule has 0 radical (unpaired) electrons. The Bertz CT molecular complexity index is 467. The number of carboxylic acids is 1. The van der Waals surface area contributed by atoms with Crippen LogP contribution in [-0.2, 0) is 15.0 Å². The summed E-state index contributed by atoms with van der Waals surface area (Å²) in [6, 6.07) is -0.251. The van der Waals surface area contributed by atoms with Crippen LogP contribution in [0.5, 0.6) is 0 Å². The number of nitrogens with zero attached hydrogens (tertiary/aromatic N) is 1. The largest absolute Gasteiger partial charge is 0.481 e. The molecule has 2 fully saturated rings. The zero-order chi connectivity index (χ0) is 15.5. The summed E-state index contributed by atoms with van der Waals surface area (Å²) in [6.07, 6.45) is 4.58. The molecule has 7 nitrogen and oxygen atoms in total. The van der Waals surface area contributed by atoms with Crippen LogP contribution in [0, 0.1) is 11.8 Å². The fourth-order valence-electron chi connectivity index (χ4n) is 3.21. The number of carboxylic acid groups (broad SMARTS) is 1. The highest BCUT2D eigenvalue weighted by Crippen LogP contribution is 2.26. The van der Waals surface area contributed by atoms with E-state index in [1.807, 2.05) is 0 Å². The van der Waals surface area contributed by atoms with Crippen LogP contribution in [0.15, 0.2) is 0 Å². The number of hydrogen-bond donors (Lipinski definition) is 3. The van der Waals surface area contributed by atoms with Crippen molar-refractivity contribution in [2.45, 2.75) is 44.6 Å². The van der Waals surface area contributed by atoms with Gasteiger partial charge in [-0.25, -0.2) is 0 Å². The first-order valence-electron chi connectivity index (χ1n) is 7.55. The van der Waals surface area contributed by atoms with Crippen molar-refractivity contribution in [1.82, 2.24) is 9.03 Å². The lowest BCUT2D eigenvalue weighted by atomic mass is 9.86. The topological polar surface area (TPSA) is 107 Å². The number of aliphatic hydroxyl groups excluding tert-OH is 1. The van der Waals surface area contributed by atoms with E-state index in [0.29, 0.717) is 19.4 Å². The van der Waals surface area contributed by atoms with Crippen molar-refractivity contribution >= 4 is 16.2 Å². The number of rotatable bonds is 5. The molecule has 1 aliphatic heterocycles. The Balaban J connectivity index is 2.01. The third-order valence-electron chi connectivity index (χ3n) is 4.52. The Hall–Kier alpha value is -0.700. The number of carbonyl (C=O) groups is 1. The maximum Gasteiger partial charge on any atom is 0.307 e. The lowest BCUT2D eigenvalue weighted by Gasteiger charge is -2.35. The van der Waals surface area contributed by atoms with Gasteiger partial charge in [0.15, 0.2) is 0 Å². The summed E-state index contributed by atoms with van der Waals surface area (Å²) in [6.45, 7) is 0.363. The maximum atomic E-state index is 12.4. The minimum atomic E-state index is -3.68. The predicted molar refractivity (Wildman–Crippen MR) is 76.8 cm³/mol.